The van der Waals surface area contributed by atoms with Crippen LogP contribution >= 0.6 is 0 Å². The normalized spacial score (nSPS) is 25.9. The number of likely N-dealkylation sites (tertiary alicyclic amines) is 1. The van der Waals surface area contributed by atoms with Crippen molar-refractivity contribution in [2.45, 2.75) is 64.6 Å². The molecular weight excluding hydrogens is 288 g/mol. The predicted octanol–water partition coefficient (Wildman–Crippen LogP) is 3.72. The molecule has 2 heterocycles. The molecule has 126 valence electrons. The van der Waals surface area contributed by atoms with Gasteiger partial charge in [0.2, 0.25) is 0 Å². The van der Waals surface area contributed by atoms with Gasteiger partial charge in [-0.1, -0.05) is 13.3 Å². The zero-order valence-corrected chi connectivity index (χ0v) is 14.5. The van der Waals surface area contributed by atoms with Gasteiger partial charge in [0.25, 0.3) is 0 Å². The highest BCUT2D eigenvalue weighted by Gasteiger charge is 2.34. The fourth-order valence-corrected chi connectivity index (χ4v) is 4.07. The molecule has 1 saturated heterocycles. The monoisotopic (exact) mass is 316 g/mol. The van der Waals surface area contributed by atoms with Crippen molar-refractivity contribution in [1.29, 1.82) is 0 Å². The Hall–Kier alpha value is -1.55. The lowest BCUT2D eigenvalue weighted by Crippen LogP contribution is -2.52. The van der Waals surface area contributed by atoms with E-state index >= 15 is 0 Å². The second kappa shape index (κ2) is 6.91. The number of benzene rings is 1. The number of carbonyl (C=O) groups is 1. The van der Waals surface area contributed by atoms with Gasteiger partial charge in [0, 0.05) is 24.2 Å². The summed E-state index contributed by atoms with van der Waals surface area (Å²) in [4.78, 5) is 15.6. The van der Waals surface area contributed by atoms with Crippen molar-refractivity contribution in [2.75, 3.05) is 18.5 Å². The topological polar surface area (TPSA) is 41.6 Å². The Morgan fingerprint density at radius 1 is 1.35 bits per heavy atom. The van der Waals surface area contributed by atoms with Crippen molar-refractivity contribution in [1.82, 2.24) is 4.90 Å². The van der Waals surface area contributed by atoms with E-state index in [-0.39, 0.29) is 11.8 Å². The molecule has 1 N–H and O–H groups in total. The van der Waals surface area contributed by atoms with Gasteiger partial charge in [-0.15, -0.1) is 0 Å². The van der Waals surface area contributed by atoms with Gasteiger partial charge in [-0.2, -0.15) is 0 Å². The maximum atomic E-state index is 13.1. The molecule has 0 aliphatic carbocycles. The van der Waals surface area contributed by atoms with Crippen LogP contribution in [0.3, 0.4) is 0 Å². The number of rotatable bonds is 4. The molecule has 4 heteroatoms. The van der Waals surface area contributed by atoms with Gasteiger partial charge in [0.05, 0.1) is 11.7 Å². The summed E-state index contributed by atoms with van der Waals surface area (Å²) in [6, 6.07) is 6.72. The smallest absolute Gasteiger partial charge is 0.180 e. The number of nitrogens with zero attached hydrogens (tertiary/aromatic N) is 1. The minimum Gasteiger partial charge on any atom is -0.490 e. The van der Waals surface area contributed by atoms with Crippen LogP contribution in [0.1, 0.15) is 56.8 Å². The Balaban J connectivity index is 1.84. The van der Waals surface area contributed by atoms with Crippen LogP contribution < -0.4 is 10.1 Å². The minimum absolute atomic E-state index is 0.0251. The van der Waals surface area contributed by atoms with Crippen LogP contribution in [0.5, 0.6) is 5.75 Å². The lowest BCUT2D eigenvalue weighted by Gasteiger charge is -2.43. The van der Waals surface area contributed by atoms with E-state index in [0.717, 1.165) is 30.0 Å². The van der Waals surface area contributed by atoms with Crippen LogP contribution in [0.25, 0.3) is 0 Å². The Kier molecular flexibility index (Phi) is 4.90. The first-order valence-corrected chi connectivity index (χ1v) is 8.94. The van der Waals surface area contributed by atoms with Crippen LogP contribution in [0.2, 0.25) is 0 Å². The summed E-state index contributed by atoms with van der Waals surface area (Å²) in [6.07, 6.45) is 4.50. The average molecular weight is 316 g/mol. The van der Waals surface area contributed by atoms with E-state index in [1.165, 1.54) is 19.3 Å². The zero-order chi connectivity index (χ0) is 16.4. The lowest BCUT2D eigenvalue weighted by molar-refractivity contribution is 0.0432. The largest absolute Gasteiger partial charge is 0.490 e. The number of carbonyl (C=O) groups excluding carboxylic acids is 1. The molecule has 1 fully saturated rings. The van der Waals surface area contributed by atoms with E-state index < -0.39 is 0 Å². The molecule has 0 bridgehead atoms. The van der Waals surface area contributed by atoms with E-state index in [1.807, 2.05) is 18.2 Å². The first kappa shape index (κ1) is 16.3. The second-order valence-electron chi connectivity index (χ2n) is 6.85. The molecule has 0 amide bonds. The third-order valence-corrected chi connectivity index (χ3v) is 5.25. The number of hydrogen-bond donors (Lipinski definition) is 1. The quantitative estimate of drug-likeness (QED) is 0.860. The van der Waals surface area contributed by atoms with Gasteiger partial charge in [0.1, 0.15) is 12.4 Å². The molecule has 2 aliphatic rings. The molecule has 0 spiro atoms. The van der Waals surface area contributed by atoms with Crippen molar-refractivity contribution < 1.29 is 9.53 Å². The summed E-state index contributed by atoms with van der Waals surface area (Å²) >= 11 is 0. The van der Waals surface area contributed by atoms with Crippen LogP contribution in [0.15, 0.2) is 18.2 Å². The van der Waals surface area contributed by atoms with E-state index in [4.69, 9.17) is 4.74 Å². The highest BCUT2D eigenvalue weighted by atomic mass is 16.5. The summed E-state index contributed by atoms with van der Waals surface area (Å²) in [5.41, 5.74) is 1.73. The van der Waals surface area contributed by atoms with Crippen LogP contribution in [-0.4, -0.2) is 42.0 Å². The van der Waals surface area contributed by atoms with E-state index in [9.17, 15) is 4.79 Å². The van der Waals surface area contributed by atoms with Crippen molar-refractivity contribution >= 4 is 11.5 Å². The molecule has 3 rings (SSSR count). The molecule has 0 aromatic heterocycles. The van der Waals surface area contributed by atoms with Crippen molar-refractivity contribution in [3.05, 3.63) is 23.8 Å². The Bertz CT molecular complexity index is 562. The van der Waals surface area contributed by atoms with Gasteiger partial charge in [-0.25, -0.2) is 0 Å². The molecule has 1 aromatic rings. The molecule has 2 aliphatic heterocycles. The molecule has 4 nitrogen and oxygen atoms in total. The van der Waals surface area contributed by atoms with Gasteiger partial charge < -0.3 is 10.1 Å². The first-order valence-electron chi connectivity index (χ1n) is 8.94. The summed E-state index contributed by atoms with van der Waals surface area (Å²) in [5, 5.41) is 3.32. The fraction of sp³-hybridized carbons (Fsp3) is 0.632. The number of ketones is 1. The van der Waals surface area contributed by atoms with Gasteiger partial charge in [0.15, 0.2) is 5.78 Å². The van der Waals surface area contributed by atoms with Crippen LogP contribution in [0.4, 0.5) is 5.69 Å². The number of nitrogens with one attached hydrogen (secondary N) is 1. The molecule has 0 radical (unpaired) electrons. The third-order valence-electron chi connectivity index (χ3n) is 5.25. The number of hydrogen-bond acceptors (Lipinski definition) is 4. The number of anilines is 1. The average Bonchev–Trinajstić information content (AvgIpc) is 2.57. The molecule has 3 unspecified atom stereocenters. The standard InChI is InChI=1S/C19H28N2O2/c1-4-17(21-13(2)6-5-7-14(21)3)19(22)15-8-9-18-16(12-15)20-10-11-23-18/h8-9,12-14,17,20H,4-7,10-11H2,1-3H3. The number of fused-ring (bicyclic) bond motifs is 1. The first-order chi connectivity index (χ1) is 11.1. The molecule has 3 atom stereocenters. The van der Waals surface area contributed by atoms with E-state index in [2.05, 4.69) is 31.0 Å². The Labute approximate surface area is 139 Å². The number of Topliss-reactive ketones (excluding diaryl/α,β-unsaturated/α-hetero) is 1. The fourth-order valence-electron chi connectivity index (χ4n) is 4.07. The van der Waals surface area contributed by atoms with Crippen molar-refractivity contribution in [2.24, 2.45) is 0 Å². The summed E-state index contributed by atoms with van der Waals surface area (Å²) in [5.74, 6) is 1.09. The SMILES string of the molecule is CCC(C(=O)c1ccc2c(c1)NCCO2)N1C(C)CCCC1C. The third kappa shape index (κ3) is 3.23. The second-order valence-corrected chi connectivity index (χ2v) is 6.85. The summed E-state index contributed by atoms with van der Waals surface area (Å²) in [6.45, 7) is 8.11. The molecule has 1 aromatic carbocycles. The van der Waals surface area contributed by atoms with Gasteiger partial charge in [-0.05, 0) is 51.3 Å². The number of ether oxygens (including phenoxy) is 1. The Morgan fingerprint density at radius 2 is 2.09 bits per heavy atom. The zero-order valence-electron chi connectivity index (χ0n) is 14.5. The summed E-state index contributed by atoms with van der Waals surface area (Å²) in [7, 11) is 0. The lowest BCUT2D eigenvalue weighted by atomic mass is 9.91. The highest BCUT2D eigenvalue weighted by molar-refractivity contribution is 6.01. The molecular formula is C19H28N2O2. The van der Waals surface area contributed by atoms with E-state index in [0.29, 0.717) is 18.7 Å². The van der Waals surface area contributed by atoms with E-state index in [1.54, 1.807) is 0 Å². The van der Waals surface area contributed by atoms with Crippen LogP contribution in [0, 0.1) is 0 Å². The van der Waals surface area contributed by atoms with Gasteiger partial charge >= 0.3 is 0 Å². The van der Waals surface area contributed by atoms with Crippen LogP contribution in [-0.2, 0) is 0 Å². The predicted molar refractivity (Wildman–Crippen MR) is 93.5 cm³/mol. The Morgan fingerprint density at radius 3 is 2.78 bits per heavy atom. The van der Waals surface area contributed by atoms with Gasteiger partial charge in [-0.3, -0.25) is 9.69 Å². The summed E-state index contributed by atoms with van der Waals surface area (Å²) < 4.78 is 5.61. The molecule has 0 saturated carbocycles. The minimum atomic E-state index is -0.0251. The number of piperidine rings is 1. The van der Waals surface area contributed by atoms with Crippen molar-refractivity contribution in [3.63, 3.8) is 0 Å². The maximum absolute atomic E-state index is 13.1. The molecule has 23 heavy (non-hydrogen) atoms. The maximum Gasteiger partial charge on any atom is 0.180 e. The van der Waals surface area contributed by atoms with Crippen molar-refractivity contribution in [3.8, 4) is 5.75 Å². The highest BCUT2D eigenvalue weighted by Crippen LogP contribution is 2.31.